The first-order valence-electron chi connectivity index (χ1n) is 7.46. The summed E-state index contributed by atoms with van der Waals surface area (Å²) < 4.78 is 0. The molecule has 0 aromatic heterocycles. The van der Waals surface area contributed by atoms with E-state index in [0.717, 1.165) is 18.5 Å². The average molecular weight is 289 g/mol. The van der Waals surface area contributed by atoms with Crippen molar-refractivity contribution in [2.24, 2.45) is 0 Å². The van der Waals surface area contributed by atoms with Crippen molar-refractivity contribution in [1.29, 1.82) is 0 Å². The predicted molar refractivity (Wildman–Crippen MR) is 83.0 cm³/mol. The number of anilines is 1. The van der Waals surface area contributed by atoms with Gasteiger partial charge in [0.2, 0.25) is 5.91 Å². The van der Waals surface area contributed by atoms with Crippen LogP contribution in [0.2, 0.25) is 0 Å². The first kappa shape index (κ1) is 15.4. The van der Waals surface area contributed by atoms with E-state index in [4.69, 9.17) is 5.73 Å². The topological polar surface area (TPSA) is 66.6 Å². The molecule has 1 aromatic rings. The Balaban J connectivity index is 2.10. The lowest BCUT2D eigenvalue weighted by molar-refractivity contribution is -0.130. The van der Waals surface area contributed by atoms with E-state index in [9.17, 15) is 9.59 Å². The molecule has 1 saturated heterocycles. The van der Waals surface area contributed by atoms with Gasteiger partial charge in [0.15, 0.2) is 0 Å². The molecule has 2 N–H and O–H groups in total. The van der Waals surface area contributed by atoms with Crippen LogP contribution >= 0.6 is 0 Å². The molecule has 1 aromatic carbocycles. The summed E-state index contributed by atoms with van der Waals surface area (Å²) in [6.45, 7) is 6.34. The van der Waals surface area contributed by atoms with Gasteiger partial charge in [-0.15, -0.1) is 0 Å². The van der Waals surface area contributed by atoms with Crippen LogP contribution < -0.4 is 5.73 Å². The molecule has 0 spiro atoms. The van der Waals surface area contributed by atoms with Crippen LogP contribution in [0.25, 0.3) is 0 Å². The number of nitrogens with two attached hydrogens (primary N) is 1. The summed E-state index contributed by atoms with van der Waals surface area (Å²) in [5.41, 5.74) is 8.00. The molecule has 0 atom stereocenters. The molecule has 1 aliphatic heterocycles. The van der Waals surface area contributed by atoms with E-state index in [1.165, 1.54) is 0 Å². The van der Waals surface area contributed by atoms with Gasteiger partial charge in [-0.25, -0.2) is 0 Å². The third kappa shape index (κ3) is 3.35. The Labute approximate surface area is 125 Å². The van der Waals surface area contributed by atoms with E-state index >= 15 is 0 Å². The molecular formula is C16H23N3O2. The van der Waals surface area contributed by atoms with Crippen molar-refractivity contribution in [3.05, 3.63) is 29.3 Å². The minimum Gasteiger partial charge on any atom is -0.398 e. The molecule has 2 rings (SSSR count). The maximum absolute atomic E-state index is 12.6. The van der Waals surface area contributed by atoms with Crippen LogP contribution in [0, 0.1) is 6.92 Å². The van der Waals surface area contributed by atoms with E-state index in [1.54, 1.807) is 12.1 Å². The molecule has 21 heavy (non-hydrogen) atoms. The Hall–Kier alpha value is -2.04. The monoisotopic (exact) mass is 289 g/mol. The fraction of sp³-hybridized carbons (Fsp3) is 0.500. The summed E-state index contributed by atoms with van der Waals surface area (Å²) in [7, 11) is 0. The molecule has 0 unspecified atom stereocenters. The molecule has 5 nitrogen and oxygen atoms in total. The number of carbonyl (C=O) groups is 2. The molecule has 0 radical (unpaired) electrons. The van der Waals surface area contributed by atoms with Crippen LogP contribution in [0.1, 0.15) is 35.7 Å². The normalized spacial score (nSPS) is 15.7. The molecule has 1 aliphatic rings. The van der Waals surface area contributed by atoms with Gasteiger partial charge in [0.1, 0.15) is 0 Å². The Morgan fingerprint density at radius 2 is 1.81 bits per heavy atom. The maximum atomic E-state index is 12.6. The van der Waals surface area contributed by atoms with Crippen molar-refractivity contribution < 1.29 is 9.59 Å². The van der Waals surface area contributed by atoms with Gasteiger partial charge in [-0.1, -0.05) is 13.0 Å². The molecule has 1 fully saturated rings. The molecule has 5 heteroatoms. The van der Waals surface area contributed by atoms with Crippen LogP contribution in [-0.4, -0.2) is 47.8 Å². The van der Waals surface area contributed by atoms with Gasteiger partial charge in [-0.2, -0.15) is 0 Å². The van der Waals surface area contributed by atoms with Gasteiger partial charge in [0.25, 0.3) is 5.91 Å². The summed E-state index contributed by atoms with van der Waals surface area (Å²) in [5.74, 6) is 0.162. The van der Waals surface area contributed by atoms with Crippen molar-refractivity contribution >= 4 is 17.5 Å². The van der Waals surface area contributed by atoms with Crippen molar-refractivity contribution in [3.8, 4) is 0 Å². The Morgan fingerprint density at radius 1 is 1.14 bits per heavy atom. The quantitative estimate of drug-likeness (QED) is 0.842. The van der Waals surface area contributed by atoms with Crippen LogP contribution in [0.4, 0.5) is 5.69 Å². The van der Waals surface area contributed by atoms with Crippen molar-refractivity contribution in [2.45, 2.75) is 26.7 Å². The number of nitrogen functional groups attached to an aromatic ring is 1. The van der Waals surface area contributed by atoms with Crippen LogP contribution in [-0.2, 0) is 4.79 Å². The number of hydrogen-bond acceptors (Lipinski definition) is 3. The van der Waals surface area contributed by atoms with Gasteiger partial charge in [0.05, 0.1) is 0 Å². The molecule has 2 amide bonds. The van der Waals surface area contributed by atoms with Crippen molar-refractivity contribution in [1.82, 2.24) is 9.80 Å². The van der Waals surface area contributed by atoms with Crippen molar-refractivity contribution in [3.63, 3.8) is 0 Å². The first-order valence-corrected chi connectivity index (χ1v) is 7.46. The van der Waals surface area contributed by atoms with Crippen LogP contribution in [0.15, 0.2) is 18.2 Å². The second-order valence-corrected chi connectivity index (χ2v) is 5.40. The first-order chi connectivity index (χ1) is 10.0. The number of rotatable bonds is 2. The maximum Gasteiger partial charge on any atom is 0.254 e. The lowest BCUT2D eigenvalue weighted by atomic mass is 10.1. The second-order valence-electron chi connectivity index (χ2n) is 5.40. The third-order valence-electron chi connectivity index (χ3n) is 4.04. The minimum atomic E-state index is 0.00518. The van der Waals surface area contributed by atoms with E-state index in [1.807, 2.05) is 29.7 Å². The zero-order valence-corrected chi connectivity index (χ0v) is 12.8. The summed E-state index contributed by atoms with van der Waals surface area (Å²) in [5, 5.41) is 0. The van der Waals surface area contributed by atoms with Gasteiger partial charge >= 0.3 is 0 Å². The Bertz CT molecular complexity index is 542. The highest BCUT2D eigenvalue weighted by Gasteiger charge is 2.23. The predicted octanol–water partition coefficient (Wildman–Crippen LogP) is 1.66. The highest BCUT2D eigenvalue weighted by molar-refractivity contribution is 5.97. The summed E-state index contributed by atoms with van der Waals surface area (Å²) in [6, 6.07) is 5.42. The number of amides is 2. The van der Waals surface area contributed by atoms with Crippen LogP contribution in [0.5, 0.6) is 0 Å². The lowest BCUT2D eigenvalue weighted by Gasteiger charge is -2.22. The fourth-order valence-electron chi connectivity index (χ4n) is 2.65. The van der Waals surface area contributed by atoms with E-state index in [2.05, 4.69) is 0 Å². The Morgan fingerprint density at radius 3 is 2.52 bits per heavy atom. The van der Waals surface area contributed by atoms with E-state index < -0.39 is 0 Å². The van der Waals surface area contributed by atoms with Gasteiger partial charge in [-0.3, -0.25) is 9.59 Å². The van der Waals surface area contributed by atoms with Crippen molar-refractivity contribution in [2.75, 3.05) is 31.9 Å². The van der Waals surface area contributed by atoms with Gasteiger partial charge in [0, 0.05) is 43.9 Å². The van der Waals surface area contributed by atoms with E-state index in [0.29, 0.717) is 37.3 Å². The summed E-state index contributed by atoms with van der Waals surface area (Å²) in [6.07, 6.45) is 1.33. The minimum absolute atomic E-state index is 0.00518. The highest BCUT2D eigenvalue weighted by atomic mass is 16.2. The third-order valence-corrected chi connectivity index (χ3v) is 4.04. The van der Waals surface area contributed by atoms with Gasteiger partial charge < -0.3 is 15.5 Å². The number of hydrogen-bond donors (Lipinski definition) is 1. The van der Waals surface area contributed by atoms with Gasteiger partial charge in [-0.05, 0) is 31.0 Å². The molecule has 114 valence electrons. The number of carbonyl (C=O) groups excluding carboxylic acids is 2. The number of benzene rings is 1. The SMILES string of the molecule is CCC(=O)N1CCCN(C(=O)c2cccc(N)c2C)CC1. The Kier molecular flexibility index (Phi) is 4.83. The number of nitrogens with zero attached hydrogens (tertiary/aromatic N) is 2. The summed E-state index contributed by atoms with van der Waals surface area (Å²) in [4.78, 5) is 28.1. The lowest BCUT2D eigenvalue weighted by Crippen LogP contribution is -2.37. The molecule has 0 saturated carbocycles. The smallest absolute Gasteiger partial charge is 0.254 e. The highest BCUT2D eigenvalue weighted by Crippen LogP contribution is 2.18. The van der Waals surface area contributed by atoms with E-state index in [-0.39, 0.29) is 11.8 Å². The largest absolute Gasteiger partial charge is 0.398 e. The second kappa shape index (κ2) is 6.61. The average Bonchev–Trinajstić information content (AvgIpc) is 2.74. The molecule has 0 bridgehead atoms. The molecule has 0 aliphatic carbocycles. The standard InChI is InChI=1S/C16H23N3O2/c1-3-15(20)18-8-5-9-19(11-10-18)16(21)13-6-4-7-14(17)12(13)2/h4,6-7H,3,5,8-11,17H2,1-2H3. The zero-order valence-electron chi connectivity index (χ0n) is 12.8. The zero-order chi connectivity index (χ0) is 15.4. The van der Waals surface area contributed by atoms with Crippen LogP contribution in [0.3, 0.4) is 0 Å². The molecular weight excluding hydrogens is 266 g/mol. The molecule has 1 heterocycles. The fourth-order valence-corrected chi connectivity index (χ4v) is 2.65. The summed E-state index contributed by atoms with van der Waals surface area (Å²) >= 11 is 0.